The number of carbonyl (C=O) groups is 1. The van der Waals surface area contributed by atoms with Gasteiger partial charge in [-0.1, -0.05) is 18.2 Å². The Hall–Kier alpha value is -2.29. The molecule has 0 aliphatic carbocycles. The van der Waals surface area contributed by atoms with Crippen LogP contribution in [0.15, 0.2) is 36.4 Å². The highest BCUT2D eigenvalue weighted by molar-refractivity contribution is 6.07. The van der Waals surface area contributed by atoms with Crippen molar-refractivity contribution in [2.24, 2.45) is 0 Å². The summed E-state index contributed by atoms with van der Waals surface area (Å²) in [7, 11) is 0. The fourth-order valence-electron chi connectivity index (χ4n) is 2.11. The highest BCUT2D eigenvalue weighted by atomic mass is 19.1. The Morgan fingerprint density at radius 3 is 2.29 bits per heavy atom. The Balaban J connectivity index is 2.29. The van der Waals surface area contributed by atoms with E-state index in [1.165, 1.54) is 11.6 Å². The van der Waals surface area contributed by atoms with Crippen LogP contribution < -0.4 is 0 Å². The number of hydrogen-bond donors (Lipinski definition) is 0. The molecule has 1 nitrogen and oxygen atoms in total. The first-order chi connectivity index (χ1) is 9.88. The average molecular weight is 286 g/mol. The molecule has 0 fully saturated rings. The molecule has 2 rings (SSSR count). The number of hydrogen-bond acceptors (Lipinski definition) is 1. The van der Waals surface area contributed by atoms with Crippen LogP contribution in [0.5, 0.6) is 0 Å². The van der Waals surface area contributed by atoms with E-state index in [1.807, 2.05) is 32.9 Å². The van der Waals surface area contributed by atoms with Crippen molar-refractivity contribution < 1.29 is 13.6 Å². The lowest BCUT2D eigenvalue weighted by molar-refractivity contribution is 0.104. The van der Waals surface area contributed by atoms with Gasteiger partial charge in [0.15, 0.2) is 5.78 Å². The number of benzene rings is 2. The van der Waals surface area contributed by atoms with Crippen molar-refractivity contribution in [1.29, 1.82) is 0 Å². The molecule has 0 N–H and O–H groups in total. The fraction of sp³-hybridized carbons (Fsp3) is 0.167. The zero-order valence-corrected chi connectivity index (χ0v) is 12.2. The van der Waals surface area contributed by atoms with E-state index in [9.17, 15) is 13.6 Å². The number of halogens is 2. The number of aryl methyl sites for hydroxylation is 3. The van der Waals surface area contributed by atoms with Gasteiger partial charge >= 0.3 is 0 Å². The quantitative estimate of drug-likeness (QED) is 0.586. The van der Waals surface area contributed by atoms with Crippen LogP contribution in [0.2, 0.25) is 0 Å². The third kappa shape index (κ3) is 3.43. The monoisotopic (exact) mass is 286 g/mol. The normalized spacial score (nSPS) is 11.1. The molecule has 0 radical (unpaired) electrons. The molecule has 0 aliphatic heterocycles. The van der Waals surface area contributed by atoms with E-state index in [4.69, 9.17) is 0 Å². The minimum absolute atomic E-state index is 0.130. The van der Waals surface area contributed by atoms with Gasteiger partial charge in [-0.25, -0.2) is 8.78 Å². The van der Waals surface area contributed by atoms with Crippen molar-refractivity contribution in [1.82, 2.24) is 0 Å². The first-order valence-corrected chi connectivity index (χ1v) is 6.64. The second-order valence-corrected chi connectivity index (χ2v) is 5.11. The van der Waals surface area contributed by atoms with Crippen molar-refractivity contribution in [3.05, 3.63) is 75.9 Å². The van der Waals surface area contributed by atoms with Gasteiger partial charge in [0.25, 0.3) is 0 Å². The predicted molar refractivity (Wildman–Crippen MR) is 80.4 cm³/mol. The summed E-state index contributed by atoms with van der Waals surface area (Å²) in [6.07, 6.45) is 2.97. The van der Waals surface area contributed by atoms with Gasteiger partial charge in [-0.15, -0.1) is 0 Å². The molecule has 0 saturated carbocycles. The van der Waals surface area contributed by atoms with Gasteiger partial charge in [0.2, 0.25) is 0 Å². The standard InChI is InChI=1S/C18H16F2O/c1-11-8-13(3)14(9-12(11)2)4-7-18(21)16-6-5-15(19)10-17(16)20/h4-10H,1-3H3/b7-4+. The molecule has 3 heteroatoms. The van der Waals surface area contributed by atoms with Gasteiger partial charge < -0.3 is 0 Å². The van der Waals surface area contributed by atoms with Crippen LogP contribution in [0.25, 0.3) is 6.08 Å². The van der Waals surface area contributed by atoms with E-state index in [1.54, 1.807) is 6.08 Å². The van der Waals surface area contributed by atoms with Gasteiger partial charge in [0, 0.05) is 6.07 Å². The van der Waals surface area contributed by atoms with Crippen molar-refractivity contribution in [3.8, 4) is 0 Å². The zero-order valence-electron chi connectivity index (χ0n) is 12.2. The summed E-state index contributed by atoms with van der Waals surface area (Å²) in [5.41, 5.74) is 4.13. The molecule has 0 heterocycles. The van der Waals surface area contributed by atoms with E-state index < -0.39 is 17.4 Å². The molecule has 0 bridgehead atoms. The molecule has 0 saturated heterocycles. The van der Waals surface area contributed by atoms with Gasteiger partial charge in [0.05, 0.1) is 5.56 Å². The maximum absolute atomic E-state index is 13.5. The predicted octanol–water partition coefficient (Wildman–Crippen LogP) is 4.79. The molecule has 0 unspecified atom stereocenters. The van der Waals surface area contributed by atoms with Gasteiger partial charge in [0.1, 0.15) is 11.6 Å². The molecular formula is C18H16F2O. The summed E-state index contributed by atoms with van der Waals surface area (Å²) < 4.78 is 26.4. The number of carbonyl (C=O) groups excluding carboxylic acids is 1. The van der Waals surface area contributed by atoms with E-state index in [2.05, 4.69) is 0 Å². The van der Waals surface area contributed by atoms with Crippen molar-refractivity contribution in [3.63, 3.8) is 0 Å². The zero-order chi connectivity index (χ0) is 15.6. The Labute approximate surface area is 122 Å². The van der Waals surface area contributed by atoms with Crippen LogP contribution >= 0.6 is 0 Å². The fourth-order valence-corrected chi connectivity index (χ4v) is 2.11. The number of ketones is 1. The molecular weight excluding hydrogens is 270 g/mol. The lowest BCUT2D eigenvalue weighted by atomic mass is 10.00. The third-order valence-corrected chi connectivity index (χ3v) is 3.49. The minimum Gasteiger partial charge on any atom is -0.289 e. The maximum Gasteiger partial charge on any atom is 0.188 e. The highest BCUT2D eigenvalue weighted by Gasteiger charge is 2.10. The lowest BCUT2D eigenvalue weighted by Crippen LogP contribution is -1.99. The number of allylic oxidation sites excluding steroid dienone is 1. The summed E-state index contributed by atoms with van der Waals surface area (Å²) in [6, 6.07) is 6.96. The van der Waals surface area contributed by atoms with Crippen molar-refractivity contribution in [2.75, 3.05) is 0 Å². The van der Waals surface area contributed by atoms with Crippen LogP contribution in [0, 0.1) is 32.4 Å². The van der Waals surface area contributed by atoms with Gasteiger partial charge in [-0.05, 0) is 61.2 Å². The Bertz CT molecular complexity index is 730. The minimum atomic E-state index is -0.846. The van der Waals surface area contributed by atoms with Gasteiger partial charge in [-0.2, -0.15) is 0 Å². The summed E-state index contributed by atoms with van der Waals surface area (Å²) in [5.74, 6) is -2.02. The largest absolute Gasteiger partial charge is 0.289 e. The summed E-state index contributed by atoms with van der Waals surface area (Å²) in [6.45, 7) is 5.97. The average Bonchev–Trinajstić information content (AvgIpc) is 2.41. The smallest absolute Gasteiger partial charge is 0.188 e. The van der Waals surface area contributed by atoms with Gasteiger partial charge in [-0.3, -0.25) is 4.79 Å². The second-order valence-electron chi connectivity index (χ2n) is 5.11. The van der Waals surface area contributed by atoms with E-state index >= 15 is 0 Å². The second kappa shape index (κ2) is 6.00. The van der Waals surface area contributed by atoms with E-state index in [0.29, 0.717) is 6.07 Å². The van der Waals surface area contributed by atoms with Crippen molar-refractivity contribution >= 4 is 11.9 Å². The molecule has 108 valence electrons. The molecule has 0 spiro atoms. The molecule has 21 heavy (non-hydrogen) atoms. The first-order valence-electron chi connectivity index (χ1n) is 6.64. The van der Waals surface area contributed by atoms with E-state index in [-0.39, 0.29) is 5.56 Å². The summed E-state index contributed by atoms with van der Waals surface area (Å²) in [4.78, 5) is 12.0. The Morgan fingerprint density at radius 1 is 0.952 bits per heavy atom. The summed E-state index contributed by atoms with van der Waals surface area (Å²) in [5, 5.41) is 0. The van der Waals surface area contributed by atoms with Crippen molar-refractivity contribution in [2.45, 2.75) is 20.8 Å². The third-order valence-electron chi connectivity index (χ3n) is 3.49. The molecule has 0 aliphatic rings. The molecule has 2 aromatic carbocycles. The first kappa shape index (κ1) is 15.1. The van der Waals surface area contributed by atoms with Crippen LogP contribution in [0.1, 0.15) is 32.6 Å². The molecule has 2 aromatic rings. The Kier molecular flexibility index (Phi) is 4.32. The molecule has 0 amide bonds. The molecule has 0 aromatic heterocycles. The number of rotatable bonds is 3. The van der Waals surface area contributed by atoms with Crippen LogP contribution in [-0.4, -0.2) is 5.78 Å². The topological polar surface area (TPSA) is 17.1 Å². The van der Waals surface area contributed by atoms with Crippen LogP contribution in [0.4, 0.5) is 8.78 Å². The summed E-state index contributed by atoms with van der Waals surface area (Å²) >= 11 is 0. The highest BCUT2D eigenvalue weighted by Crippen LogP contribution is 2.17. The lowest BCUT2D eigenvalue weighted by Gasteiger charge is -2.06. The van der Waals surface area contributed by atoms with Crippen LogP contribution in [-0.2, 0) is 0 Å². The maximum atomic E-state index is 13.5. The van der Waals surface area contributed by atoms with E-state index in [0.717, 1.165) is 28.8 Å². The molecule has 0 atom stereocenters. The SMILES string of the molecule is Cc1cc(C)c(/C=C/C(=O)c2ccc(F)cc2F)cc1C. The van der Waals surface area contributed by atoms with Crippen LogP contribution in [0.3, 0.4) is 0 Å². The Morgan fingerprint density at radius 2 is 1.62 bits per heavy atom.